The molecule has 0 saturated carbocycles. The molecule has 2 N–H and O–H groups in total. The Kier molecular flexibility index (Phi) is 6.80. The van der Waals surface area contributed by atoms with E-state index in [0.29, 0.717) is 16.1 Å². The Balaban J connectivity index is 1.77. The quantitative estimate of drug-likeness (QED) is 0.449. The van der Waals surface area contributed by atoms with Crippen molar-refractivity contribution in [3.05, 3.63) is 88.4 Å². The molecular formula is C22H18ClF3N2O3S. The van der Waals surface area contributed by atoms with Crippen molar-refractivity contribution in [1.29, 1.82) is 0 Å². The smallest absolute Gasteiger partial charge is 0.308 e. The molecule has 0 spiro atoms. The number of aryl methyl sites for hydroxylation is 1. The first-order chi connectivity index (χ1) is 14.9. The zero-order valence-electron chi connectivity index (χ0n) is 16.7. The molecule has 168 valence electrons. The van der Waals surface area contributed by atoms with Crippen LogP contribution < -0.4 is 10.6 Å². The average Bonchev–Trinajstić information content (AvgIpc) is 2.70. The average molecular weight is 483 g/mol. The third kappa shape index (κ3) is 6.02. The standard InChI is InChI=1S/C22H18ClF3N2O3S/c1-14-5-10-19(12-20(14)32(30,31)13-15-6-8-17(23)9-7-15)28-21(29)27-18-4-2-3-16(11-18)22(24,25)26/h2-12H,13H2,1H3,(H2,27,28,29). The summed E-state index contributed by atoms with van der Waals surface area (Å²) in [4.78, 5) is 12.3. The van der Waals surface area contributed by atoms with Gasteiger partial charge in [-0.3, -0.25) is 0 Å². The van der Waals surface area contributed by atoms with Crippen molar-refractivity contribution < 1.29 is 26.4 Å². The van der Waals surface area contributed by atoms with Crippen molar-refractivity contribution in [2.24, 2.45) is 0 Å². The van der Waals surface area contributed by atoms with Gasteiger partial charge in [0, 0.05) is 16.4 Å². The van der Waals surface area contributed by atoms with Gasteiger partial charge in [0.05, 0.1) is 16.2 Å². The topological polar surface area (TPSA) is 75.3 Å². The predicted octanol–water partition coefficient (Wildman–Crippen LogP) is 6.29. The van der Waals surface area contributed by atoms with E-state index in [1.807, 2.05) is 0 Å². The fourth-order valence-corrected chi connectivity index (χ4v) is 4.74. The first-order valence-corrected chi connectivity index (χ1v) is 11.3. The van der Waals surface area contributed by atoms with Gasteiger partial charge in [0.2, 0.25) is 0 Å². The Morgan fingerprint density at radius 3 is 2.19 bits per heavy atom. The summed E-state index contributed by atoms with van der Waals surface area (Å²) < 4.78 is 64.3. The number of halogens is 4. The van der Waals surface area contributed by atoms with E-state index >= 15 is 0 Å². The lowest BCUT2D eigenvalue weighted by atomic mass is 10.2. The van der Waals surface area contributed by atoms with Crippen LogP contribution in [0.2, 0.25) is 5.02 Å². The summed E-state index contributed by atoms with van der Waals surface area (Å²) in [5, 5.41) is 5.24. The summed E-state index contributed by atoms with van der Waals surface area (Å²) in [6.07, 6.45) is -4.54. The molecule has 0 atom stereocenters. The van der Waals surface area contributed by atoms with Gasteiger partial charge in [-0.25, -0.2) is 13.2 Å². The number of carbonyl (C=O) groups is 1. The third-order valence-electron chi connectivity index (χ3n) is 4.50. The van der Waals surface area contributed by atoms with Crippen LogP contribution in [0.5, 0.6) is 0 Å². The Labute approximate surface area is 188 Å². The van der Waals surface area contributed by atoms with Crippen LogP contribution in [-0.2, 0) is 21.8 Å². The number of alkyl halides is 3. The second-order valence-electron chi connectivity index (χ2n) is 7.02. The maximum absolute atomic E-state index is 12.9. The molecule has 3 rings (SSSR count). The van der Waals surface area contributed by atoms with Gasteiger partial charge in [0.1, 0.15) is 0 Å². The Morgan fingerprint density at radius 2 is 1.56 bits per heavy atom. The second-order valence-corrected chi connectivity index (χ2v) is 9.42. The minimum absolute atomic E-state index is 0.0318. The lowest BCUT2D eigenvalue weighted by Gasteiger charge is -2.13. The van der Waals surface area contributed by atoms with Crippen LogP contribution >= 0.6 is 11.6 Å². The van der Waals surface area contributed by atoms with E-state index in [2.05, 4.69) is 10.6 Å². The van der Waals surface area contributed by atoms with Crippen LogP contribution in [-0.4, -0.2) is 14.4 Å². The Hall–Kier alpha value is -3.04. The summed E-state index contributed by atoms with van der Waals surface area (Å²) in [7, 11) is -3.74. The van der Waals surface area contributed by atoms with Crippen LogP contribution in [0.25, 0.3) is 0 Å². The van der Waals surface area contributed by atoms with Gasteiger partial charge in [0.25, 0.3) is 0 Å². The molecule has 32 heavy (non-hydrogen) atoms. The molecule has 0 unspecified atom stereocenters. The van der Waals surface area contributed by atoms with Gasteiger partial charge in [-0.1, -0.05) is 35.9 Å². The van der Waals surface area contributed by atoms with Crippen molar-refractivity contribution in [2.75, 3.05) is 10.6 Å². The highest BCUT2D eigenvalue weighted by molar-refractivity contribution is 7.90. The molecule has 0 aromatic heterocycles. The molecule has 0 radical (unpaired) electrons. The molecule has 0 aliphatic rings. The monoisotopic (exact) mass is 482 g/mol. The largest absolute Gasteiger partial charge is 0.416 e. The van der Waals surface area contributed by atoms with E-state index in [1.54, 1.807) is 31.2 Å². The number of carbonyl (C=O) groups excluding carboxylic acids is 1. The molecule has 10 heteroatoms. The number of sulfone groups is 1. The van der Waals surface area contributed by atoms with Crippen molar-refractivity contribution in [1.82, 2.24) is 0 Å². The molecule has 0 aliphatic heterocycles. The minimum Gasteiger partial charge on any atom is -0.308 e. The fourth-order valence-electron chi connectivity index (χ4n) is 2.96. The SMILES string of the molecule is Cc1ccc(NC(=O)Nc2cccc(C(F)(F)F)c2)cc1S(=O)(=O)Cc1ccc(Cl)cc1. The molecule has 0 fully saturated rings. The predicted molar refractivity (Wildman–Crippen MR) is 118 cm³/mol. The van der Waals surface area contributed by atoms with E-state index in [0.717, 1.165) is 12.1 Å². The highest BCUT2D eigenvalue weighted by atomic mass is 35.5. The van der Waals surface area contributed by atoms with Crippen molar-refractivity contribution >= 4 is 38.8 Å². The number of benzene rings is 3. The van der Waals surface area contributed by atoms with E-state index in [9.17, 15) is 26.4 Å². The summed E-state index contributed by atoms with van der Waals surface area (Å²) in [6, 6.07) is 14.1. The van der Waals surface area contributed by atoms with Crippen molar-refractivity contribution in [3.63, 3.8) is 0 Å². The number of urea groups is 1. The van der Waals surface area contributed by atoms with Gasteiger partial charge in [-0.2, -0.15) is 13.2 Å². The first-order valence-electron chi connectivity index (χ1n) is 9.27. The van der Waals surface area contributed by atoms with Gasteiger partial charge < -0.3 is 10.6 Å². The van der Waals surface area contributed by atoms with E-state index in [1.165, 1.54) is 30.3 Å². The normalized spacial score (nSPS) is 11.8. The molecule has 0 saturated heterocycles. The van der Waals surface area contributed by atoms with Crippen LogP contribution in [0.1, 0.15) is 16.7 Å². The summed E-state index contributed by atoms with van der Waals surface area (Å²) in [5.41, 5.74) is 0.258. The van der Waals surface area contributed by atoms with Crippen LogP contribution in [0.4, 0.5) is 29.3 Å². The van der Waals surface area contributed by atoms with Crippen LogP contribution in [0, 0.1) is 6.92 Å². The molecule has 0 bridgehead atoms. The number of amides is 2. The molecule has 5 nitrogen and oxygen atoms in total. The molecule has 0 aliphatic carbocycles. The fraction of sp³-hybridized carbons (Fsp3) is 0.136. The Morgan fingerprint density at radius 1 is 0.938 bits per heavy atom. The maximum Gasteiger partial charge on any atom is 0.416 e. The lowest BCUT2D eigenvalue weighted by molar-refractivity contribution is -0.137. The minimum atomic E-state index is -4.54. The van der Waals surface area contributed by atoms with Crippen molar-refractivity contribution in [3.8, 4) is 0 Å². The van der Waals surface area contributed by atoms with E-state index in [-0.39, 0.29) is 22.0 Å². The molecule has 3 aromatic rings. The van der Waals surface area contributed by atoms with E-state index in [4.69, 9.17) is 11.6 Å². The molecule has 3 aromatic carbocycles. The number of hydrogen-bond donors (Lipinski definition) is 2. The van der Waals surface area contributed by atoms with Crippen LogP contribution in [0.15, 0.2) is 71.6 Å². The Bertz CT molecular complexity index is 1240. The van der Waals surface area contributed by atoms with Gasteiger partial charge in [-0.05, 0) is 60.5 Å². The highest BCUT2D eigenvalue weighted by Crippen LogP contribution is 2.31. The summed E-state index contributed by atoms with van der Waals surface area (Å²) in [5.74, 6) is -0.259. The highest BCUT2D eigenvalue weighted by Gasteiger charge is 2.30. The summed E-state index contributed by atoms with van der Waals surface area (Å²) >= 11 is 5.83. The number of rotatable bonds is 5. The number of hydrogen-bond acceptors (Lipinski definition) is 3. The zero-order chi connectivity index (χ0) is 23.5. The zero-order valence-corrected chi connectivity index (χ0v) is 18.3. The van der Waals surface area contributed by atoms with Gasteiger partial charge in [0.15, 0.2) is 9.84 Å². The second kappa shape index (κ2) is 9.22. The summed E-state index contributed by atoms with van der Waals surface area (Å²) in [6.45, 7) is 1.63. The third-order valence-corrected chi connectivity index (χ3v) is 6.57. The van der Waals surface area contributed by atoms with Gasteiger partial charge >= 0.3 is 12.2 Å². The van der Waals surface area contributed by atoms with Crippen molar-refractivity contribution in [2.45, 2.75) is 23.7 Å². The number of nitrogens with one attached hydrogen (secondary N) is 2. The molecule has 0 heterocycles. The maximum atomic E-state index is 12.9. The molecule has 2 amide bonds. The first kappa shape index (κ1) is 23.6. The lowest BCUT2D eigenvalue weighted by Crippen LogP contribution is -2.20. The number of anilines is 2. The van der Waals surface area contributed by atoms with E-state index < -0.39 is 27.6 Å². The molecular weight excluding hydrogens is 465 g/mol. The van der Waals surface area contributed by atoms with Gasteiger partial charge in [-0.15, -0.1) is 0 Å². The van der Waals surface area contributed by atoms with Crippen LogP contribution in [0.3, 0.4) is 0 Å².